The Morgan fingerprint density at radius 1 is 0.471 bits per heavy atom. The van der Waals surface area contributed by atoms with Crippen LogP contribution in [0.2, 0.25) is 0 Å². The first kappa shape index (κ1) is 41.3. The zero-order valence-electron chi connectivity index (χ0n) is 39.2. The summed E-state index contributed by atoms with van der Waals surface area (Å²) in [5, 5.41) is 4.50. The second-order valence-electron chi connectivity index (χ2n) is 19.2. The van der Waals surface area contributed by atoms with Gasteiger partial charge in [0.2, 0.25) is 0 Å². The molecule has 6 heteroatoms. The molecule has 4 heterocycles. The standard InChI is InChI=1S/C64H48N4O2/c1-64(2,3)45-34-35-65-61(38-45)68-54-26-12-10-22-51(54)52-33-32-47(40-58(52)68)69-48-37-44(62-49(42-18-6-4-7-19-42)24-16-25-50(62)43-20-8-5-9-21-43)36-46(39-48)66-41-67(56-28-14-13-27-55(56)66)57-29-17-31-60-63(57)53-23-11-15-30-59(53)70-60/h4-40H,41H2,1-3H3. The van der Waals surface area contributed by atoms with Crippen LogP contribution in [0.15, 0.2) is 229 Å². The highest BCUT2D eigenvalue weighted by atomic mass is 16.5. The third-order valence-electron chi connectivity index (χ3n) is 13.9. The van der Waals surface area contributed by atoms with Gasteiger partial charge in [-0.05, 0) is 117 Å². The number of rotatable bonds is 8. The zero-order chi connectivity index (χ0) is 46.9. The van der Waals surface area contributed by atoms with E-state index in [0.29, 0.717) is 6.67 Å². The van der Waals surface area contributed by atoms with Crippen molar-refractivity contribution in [3.8, 4) is 50.7 Å². The predicted molar refractivity (Wildman–Crippen MR) is 289 cm³/mol. The van der Waals surface area contributed by atoms with Gasteiger partial charge in [-0.3, -0.25) is 4.57 Å². The van der Waals surface area contributed by atoms with Crippen molar-refractivity contribution in [3.63, 3.8) is 0 Å². The molecule has 70 heavy (non-hydrogen) atoms. The zero-order valence-corrected chi connectivity index (χ0v) is 39.2. The molecule has 0 fully saturated rings. The van der Waals surface area contributed by atoms with E-state index in [0.717, 1.165) is 112 Å². The molecule has 0 N–H and O–H groups in total. The molecule has 0 aliphatic carbocycles. The Hall–Kier alpha value is -8.87. The van der Waals surface area contributed by atoms with Gasteiger partial charge in [0.15, 0.2) is 0 Å². The molecule has 1 aliphatic rings. The van der Waals surface area contributed by atoms with Crippen molar-refractivity contribution in [1.82, 2.24) is 9.55 Å². The summed E-state index contributed by atoms with van der Waals surface area (Å²) in [4.78, 5) is 9.78. The minimum absolute atomic E-state index is 0.0409. The number of nitrogens with zero attached hydrogens (tertiary/aromatic N) is 4. The number of aromatic nitrogens is 2. The van der Waals surface area contributed by atoms with Gasteiger partial charge in [-0.15, -0.1) is 0 Å². The van der Waals surface area contributed by atoms with E-state index in [-0.39, 0.29) is 5.41 Å². The van der Waals surface area contributed by atoms with Crippen molar-refractivity contribution in [2.45, 2.75) is 26.2 Å². The highest BCUT2D eigenvalue weighted by molar-refractivity contribution is 6.13. The summed E-state index contributed by atoms with van der Waals surface area (Å²) in [5.74, 6) is 2.33. The topological polar surface area (TPSA) is 46.7 Å². The van der Waals surface area contributed by atoms with E-state index in [1.54, 1.807) is 0 Å². The number of hydrogen-bond acceptors (Lipinski definition) is 5. The Bertz CT molecular complexity index is 3900. The molecule has 9 aromatic carbocycles. The van der Waals surface area contributed by atoms with E-state index in [4.69, 9.17) is 14.1 Å². The Morgan fingerprint density at radius 3 is 1.86 bits per heavy atom. The number of benzene rings is 9. The summed E-state index contributed by atoms with van der Waals surface area (Å²) >= 11 is 0. The number of hydrogen-bond donors (Lipinski definition) is 0. The first-order valence-electron chi connectivity index (χ1n) is 24.0. The summed E-state index contributed by atoms with van der Waals surface area (Å²) in [6, 6.07) is 77.6. The average molecular weight is 905 g/mol. The van der Waals surface area contributed by atoms with Crippen LogP contribution in [0.3, 0.4) is 0 Å². The Morgan fingerprint density at radius 2 is 1.10 bits per heavy atom. The molecule has 1 aliphatic heterocycles. The predicted octanol–water partition coefficient (Wildman–Crippen LogP) is 17.4. The fourth-order valence-corrected chi connectivity index (χ4v) is 10.5. The van der Waals surface area contributed by atoms with Crippen molar-refractivity contribution in [3.05, 3.63) is 230 Å². The van der Waals surface area contributed by atoms with Crippen LogP contribution in [-0.4, -0.2) is 16.2 Å². The average Bonchev–Trinajstić information content (AvgIpc) is 4.09. The van der Waals surface area contributed by atoms with Crippen LogP contribution in [0.5, 0.6) is 11.5 Å². The maximum absolute atomic E-state index is 7.21. The first-order chi connectivity index (χ1) is 34.3. The Balaban J connectivity index is 1.01. The van der Waals surface area contributed by atoms with Gasteiger partial charge >= 0.3 is 0 Å². The van der Waals surface area contributed by atoms with Gasteiger partial charge in [-0.2, -0.15) is 0 Å². The van der Waals surface area contributed by atoms with Crippen LogP contribution >= 0.6 is 0 Å². The number of fused-ring (bicyclic) bond motifs is 7. The highest BCUT2D eigenvalue weighted by Crippen LogP contribution is 2.50. The van der Waals surface area contributed by atoms with Crippen LogP contribution in [0.1, 0.15) is 26.3 Å². The molecule has 0 unspecified atom stereocenters. The monoisotopic (exact) mass is 904 g/mol. The van der Waals surface area contributed by atoms with Crippen molar-refractivity contribution >= 4 is 66.5 Å². The van der Waals surface area contributed by atoms with Crippen LogP contribution < -0.4 is 14.5 Å². The second kappa shape index (κ2) is 16.4. The van der Waals surface area contributed by atoms with Gasteiger partial charge in [0, 0.05) is 40.2 Å². The lowest BCUT2D eigenvalue weighted by Gasteiger charge is -2.25. The summed E-state index contributed by atoms with van der Waals surface area (Å²) in [6.45, 7) is 7.30. The van der Waals surface area contributed by atoms with Crippen LogP contribution in [0.4, 0.5) is 22.7 Å². The molecule has 0 radical (unpaired) electrons. The molecule has 0 bridgehead atoms. The smallest absolute Gasteiger partial charge is 0.137 e. The minimum atomic E-state index is -0.0409. The third-order valence-corrected chi connectivity index (χ3v) is 13.9. The van der Waals surface area contributed by atoms with E-state index < -0.39 is 0 Å². The highest BCUT2D eigenvalue weighted by Gasteiger charge is 2.31. The van der Waals surface area contributed by atoms with Gasteiger partial charge in [0.05, 0.1) is 33.5 Å². The quantitative estimate of drug-likeness (QED) is 0.152. The van der Waals surface area contributed by atoms with Crippen LogP contribution in [0, 0.1) is 0 Å². The van der Waals surface area contributed by atoms with Gasteiger partial charge in [-0.1, -0.05) is 154 Å². The van der Waals surface area contributed by atoms with Crippen molar-refractivity contribution in [1.29, 1.82) is 0 Å². The fourth-order valence-electron chi connectivity index (χ4n) is 10.5. The first-order valence-corrected chi connectivity index (χ1v) is 24.0. The lowest BCUT2D eigenvalue weighted by Crippen LogP contribution is -2.24. The Kier molecular flexibility index (Phi) is 9.70. The van der Waals surface area contributed by atoms with Gasteiger partial charge < -0.3 is 19.0 Å². The molecular formula is C64H48N4O2. The molecule has 0 amide bonds. The summed E-state index contributed by atoms with van der Waals surface area (Å²) in [7, 11) is 0. The van der Waals surface area contributed by atoms with Crippen molar-refractivity contribution < 1.29 is 9.15 Å². The third kappa shape index (κ3) is 6.99. The Labute approximate surface area is 406 Å². The number of ether oxygens (including phenoxy) is 1. The summed E-state index contributed by atoms with van der Waals surface area (Å²) in [6.07, 6.45) is 1.93. The maximum Gasteiger partial charge on any atom is 0.137 e. The van der Waals surface area contributed by atoms with E-state index in [9.17, 15) is 0 Å². The molecule has 13 rings (SSSR count). The molecule has 0 spiro atoms. The molecule has 3 aromatic heterocycles. The lowest BCUT2D eigenvalue weighted by atomic mass is 9.87. The largest absolute Gasteiger partial charge is 0.457 e. The summed E-state index contributed by atoms with van der Waals surface area (Å²) in [5.41, 5.74) is 16.1. The van der Waals surface area contributed by atoms with Crippen LogP contribution in [0.25, 0.3) is 82.9 Å². The summed E-state index contributed by atoms with van der Waals surface area (Å²) < 4.78 is 15.9. The van der Waals surface area contributed by atoms with Gasteiger partial charge in [-0.25, -0.2) is 4.98 Å². The lowest BCUT2D eigenvalue weighted by molar-refractivity contribution is 0.483. The van der Waals surface area contributed by atoms with E-state index in [1.165, 1.54) is 10.9 Å². The van der Waals surface area contributed by atoms with E-state index in [2.05, 4.69) is 241 Å². The number of para-hydroxylation sites is 4. The molecular weight excluding hydrogens is 857 g/mol. The molecule has 336 valence electrons. The van der Waals surface area contributed by atoms with E-state index in [1.807, 2.05) is 18.3 Å². The molecule has 0 saturated carbocycles. The van der Waals surface area contributed by atoms with E-state index >= 15 is 0 Å². The number of pyridine rings is 1. The number of furan rings is 1. The molecule has 0 saturated heterocycles. The number of anilines is 4. The molecule has 6 nitrogen and oxygen atoms in total. The molecule has 12 aromatic rings. The minimum Gasteiger partial charge on any atom is -0.457 e. The van der Waals surface area contributed by atoms with Gasteiger partial charge in [0.1, 0.15) is 35.2 Å². The molecule has 0 atom stereocenters. The van der Waals surface area contributed by atoms with Gasteiger partial charge in [0.25, 0.3) is 0 Å². The SMILES string of the molecule is CC(C)(C)c1ccnc(-n2c3ccccc3c3ccc(Oc4cc(-c5c(-c6ccccc6)cccc5-c5ccccc5)cc(N5CN(c6cccc7oc8ccccc8c67)c6ccccc65)c4)cc32)c1. The fraction of sp³-hybridized carbons (Fsp3) is 0.0781. The van der Waals surface area contributed by atoms with Crippen molar-refractivity contribution in [2.75, 3.05) is 16.5 Å². The van der Waals surface area contributed by atoms with Crippen molar-refractivity contribution in [2.24, 2.45) is 0 Å². The van der Waals surface area contributed by atoms with Crippen LogP contribution in [-0.2, 0) is 5.41 Å². The normalized spacial score (nSPS) is 12.7. The maximum atomic E-state index is 7.21. The second-order valence-corrected chi connectivity index (χ2v) is 19.2.